The zero-order chi connectivity index (χ0) is 7.14. The molecule has 0 aromatic carbocycles. The maximum atomic E-state index is 11.2. The average molecular weight is 140 g/mol. The molecule has 1 heterocycles. The number of piperidine rings is 1. The van der Waals surface area contributed by atoms with Crippen molar-refractivity contribution in [1.82, 2.24) is 4.90 Å². The van der Waals surface area contributed by atoms with Gasteiger partial charge in [-0.2, -0.15) is 0 Å². The summed E-state index contributed by atoms with van der Waals surface area (Å²) in [6.07, 6.45) is 1.14. The largest absolute Gasteiger partial charge is 0.341 e. The van der Waals surface area contributed by atoms with Crippen molar-refractivity contribution < 1.29 is 4.79 Å². The first-order valence-electron chi connectivity index (χ1n) is 3.82. The molecular weight excluding hydrogens is 128 g/mol. The van der Waals surface area contributed by atoms with E-state index in [-0.39, 0.29) is 0 Å². The fraction of sp³-hybridized carbons (Fsp3) is 0.857. The van der Waals surface area contributed by atoms with E-state index < -0.39 is 0 Å². The monoisotopic (exact) mass is 140 g/mol. The van der Waals surface area contributed by atoms with E-state index in [9.17, 15) is 4.79 Å². The Morgan fingerprint density at radius 3 is 3.00 bits per heavy atom. The van der Waals surface area contributed by atoms with E-state index in [1.165, 1.54) is 0 Å². The average Bonchev–Trinajstić information content (AvgIpc) is 2.60. The highest BCUT2D eigenvalue weighted by atomic mass is 16.2. The molecule has 3 nitrogen and oxygen atoms in total. The standard InChI is InChI=1S/C7H12N2O/c8-1-2-9-4-5-3-6(5)7(9)10/h5-6H,1-4,8H2. The Kier molecular flexibility index (Phi) is 1.20. The zero-order valence-electron chi connectivity index (χ0n) is 5.92. The highest BCUT2D eigenvalue weighted by molar-refractivity contribution is 5.84. The summed E-state index contributed by atoms with van der Waals surface area (Å²) in [6, 6.07) is 0. The van der Waals surface area contributed by atoms with Crippen molar-refractivity contribution in [2.24, 2.45) is 17.6 Å². The fourth-order valence-corrected chi connectivity index (χ4v) is 1.72. The van der Waals surface area contributed by atoms with Crippen LogP contribution in [0.4, 0.5) is 0 Å². The summed E-state index contributed by atoms with van der Waals surface area (Å²) in [6.45, 7) is 2.33. The summed E-state index contributed by atoms with van der Waals surface area (Å²) in [7, 11) is 0. The molecule has 10 heavy (non-hydrogen) atoms. The molecule has 1 amide bonds. The van der Waals surface area contributed by atoms with Gasteiger partial charge < -0.3 is 10.6 Å². The highest BCUT2D eigenvalue weighted by Crippen LogP contribution is 2.45. The SMILES string of the molecule is NCCN1CC2CC2C1=O. The Hall–Kier alpha value is -0.570. The van der Waals surface area contributed by atoms with Crippen LogP contribution in [0.3, 0.4) is 0 Å². The molecule has 2 atom stereocenters. The van der Waals surface area contributed by atoms with Crippen LogP contribution >= 0.6 is 0 Å². The van der Waals surface area contributed by atoms with E-state index in [1.54, 1.807) is 0 Å². The number of rotatable bonds is 2. The Balaban J connectivity index is 1.95. The van der Waals surface area contributed by atoms with Gasteiger partial charge in [0.25, 0.3) is 0 Å². The molecule has 2 fully saturated rings. The van der Waals surface area contributed by atoms with Crippen LogP contribution in [0.5, 0.6) is 0 Å². The molecule has 1 saturated carbocycles. The summed E-state index contributed by atoms with van der Waals surface area (Å²) in [5.74, 6) is 1.43. The molecule has 2 aliphatic rings. The summed E-state index contributed by atoms with van der Waals surface area (Å²) < 4.78 is 0. The normalized spacial score (nSPS) is 36.5. The van der Waals surface area contributed by atoms with Crippen molar-refractivity contribution in [3.05, 3.63) is 0 Å². The Morgan fingerprint density at radius 2 is 2.50 bits per heavy atom. The minimum absolute atomic E-state index is 0.343. The van der Waals surface area contributed by atoms with Gasteiger partial charge in [-0.15, -0.1) is 0 Å². The molecule has 1 aliphatic carbocycles. The van der Waals surface area contributed by atoms with Gasteiger partial charge in [-0.05, 0) is 12.3 Å². The molecule has 2 unspecified atom stereocenters. The van der Waals surface area contributed by atoms with Gasteiger partial charge in [0.05, 0.1) is 0 Å². The van der Waals surface area contributed by atoms with Gasteiger partial charge in [0, 0.05) is 25.6 Å². The first-order valence-corrected chi connectivity index (χ1v) is 3.82. The molecule has 2 rings (SSSR count). The van der Waals surface area contributed by atoms with Gasteiger partial charge >= 0.3 is 0 Å². The second-order valence-electron chi connectivity index (χ2n) is 3.18. The van der Waals surface area contributed by atoms with Crippen molar-refractivity contribution in [1.29, 1.82) is 0 Å². The van der Waals surface area contributed by atoms with Crippen LogP contribution in [0.1, 0.15) is 6.42 Å². The number of likely N-dealkylation sites (tertiary alicyclic amines) is 1. The van der Waals surface area contributed by atoms with Crippen LogP contribution in [0.2, 0.25) is 0 Å². The third-order valence-electron chi connectivity index (χ3n) is 2.41. The molecule has 0 radical (unpaired) electrons. The summed E-state index contributed by atoms with van der Waals surface area (Å²) in [5.41, 5.74) is 5.34. The maximum Gasteiger partial charge on any atom is 0.226 e. The molecule has 1 saturated heterocycles. The van der Waals surface area contributed by atoms with Crippen LogP contribution in [0.15, 0.2) is 0 Å². The van der Waals surface area contributed by atoms with Gasteiger partial charge in [0.2, 0.25) is 5.91 Å². The van der Waals surface area contributed by atoms with Gasteiger partial charge in [-0.1, -0.05) is 0 Å². The van der Waals surface area contributed by atoms with Crippen molar-refractivity contribution in [2.45, 2.75) is 6.42 Å². The quantitative estimate of drug-likeness (QED) is 0.558. The predicted molar refractivity (Wildman–Crippen MR) is 37.2 cm³/mol. The second-order valence-corrected chi connectivity index (χ2v) is 3.18. The lowest BCUT2D eigenvalue weighted by molar-refractivity contribution is -0.129. The van der Waals surface area contributed by atoms with Gasteiger partial charge in [0.1, 0.15) is 0 Å². The topological polar surface area (TPSA) is 46.3 Å². The first kappa shape index (κ1) is 6.16. The van der Waals surface area contributed by atoms with E-state index in [1.807, 2.05) is 4.90 Å². The number of carbonyl (C=O) groups is 1. The van der Waals surface area contributed by atoms with Gasteiger partial charge in [0.15, 0.2) is 0 Å². The highest BCUT2D eigenvalue weighted by Gasteiger charge is 2.51. The molecule has 1 aliphatic heterocycles. The van der Waals surface area contributed by atoms with Gasteiger partial charge in [-0.3, -0.25) is 4.79 Å². The predicted octanol–water partition coefficient (Wildman–Crippen LogP) is -0.577. The second kappa shape index (κ2) is 1.95. The number of amides is 1. The van der Waals surface area contributed by atoms with Crippen LogP contribution in [-0.2, 0) is 4.79 Å². The number of hydrogen-bond acceptors (Lipinski definition) is 2. The Morgan fingerprint density at radius 1 is 1.70 bits per heavy atom. The first-order chi connectivity index (χ1) is 4.83. The van der Waals surface area contributed by atoms with E-state index in [0.717, 1.165) is 19.5 Å². The lowest BCUT2D eigenvalue weighted by atomic mass is 10.4. The molecule has 3 heteroatoms. The van der Waals surface area contributed by atoms with E-state index in [4.69, 9.17) is 5.73 Å². The maximum absolute atomic E-state index is 11.2. The number of fused-ring (bicyclic) bond motifs is 1. The van der Waals surface area contributed by atoms with E-state index >= 15 is 0 Å². The zero-order valence-corrected chi connectivity index (χ0v) is 5.92. The minimum Gasteiger partial charge on any atom is -0.341 e. The van der Waals surface area contributed by atoms with Crippen molar-refractivity contribution >= 4 is 5.91 Å². The van der Waals surface area contributed by atoms with E-state index in [2.05, 4.69) is 0 Å². The summed E-state index contributed by atoms with van der Waals surface area (Å²) in [5, 5.41) is 0. The number of carbonyl (C=O) groups excluding carboxylic acids is 1. The smallest absolute Gasteiger partial charge is 0.226 e. The Bertz CT molecular complexity index is 169. The fourth-order valence-electron chi connectivity index (χ4n) is 1.72. The molecule has 2 N–H and O–H groups in total. The minimum atomic E-state index is 0.343. The summed E-state index contributed by atoms with van der Waals surface area (Å²) in [4.78, 5) is 13.1. The third-order valence-corrected chi connectivity index (χ3v) is 2.41. The number of nitrogens with two attached hydrogens (primary N) is 1. The van der Waals surface area contributed by atoms with Crippen molar-refractivity contribution in [3.63, 3.8) is 0 Å². The molecular formula is C7H12N2O. The Labute approximate surface area is 60.2 Å². The summed E-state index contributed by atoms with van der Waals surface area (Å²) >= 11 is 0. The van der Waals surface area contributed by atoms with Crippen LogP contribution in [-0.4, -0.2) is 30.4 Å². The molecule has 0 spiro atoms. The third kappa shape index (κ3) is 0.736. The van der Waals surface area contributed by atoms with Crippen molar-refractivity contribution in [2.75, 3.05) is 19.6 Å². The number of hydrogen-bond donors (Lipinski definition) is 1. The molecule has 0 aromatic heterocycles. The molecule has 0 aromatic rings. The van der Waals surface area contributed by atoms with Gasteiger partial charge in [-0.25, -0.2) is 0 Å². The lowest BCUT2D eigenvalue weighted by Gasteiger charge is -2.15. The van der Waals surface area contributed by atoms with Crippen molar-refractivity contribution in [3.8, 4) is 0 Å². The van der Waals surface area contributed by atoms with Crippen LogP contribution < -0.4 is 5.73 Å². The molecule has 0 bridgehead atoms. The molecule has 56 valence electrons. The lowest BCUT2D eigenvalue weighted by Crippen LogP contribution is -2.33. The van der Waals surface area contributed by atoms with Crippen LogP contribution in [0.25, 0.3) is 0 Å². The number of nitrogens with zero attached hydrogens (tertiary/aromatic N) is 1. The van der Waals surface area contributed by atoms with Crippen LogP contribution in [0, 0.1) is 11.8 Å². The van der Waals surface area contributed by atoms with E-state index in [0.29, 0.717) is 24.3 Å².